The minimum Gasteiger partial charge on any atom is -0.497 e. The van der Waals surface area contributed by atoms with Crippen molar-refractivity contribution in [3.8, 4) is 11.5 Å². The van der Waals surface area contributed by atoms with Crippen LogP contribution in [-0.4, -0.2) is 86.3 Å². The van der Waals surface area contributed by atoms with E-state index in [1.807, 2.05) is 109 Å². The molecule has 1 unspecified atom stereocenters. The highest BCUT2D eigenvalue weighted by molar-refractivity contribution is 5.84. The summed E-state index contributed by atoms with van der Waals surface area (Å²) in [4.78, 5) is 16.9. The fraction of sp³-hybridized carbons (Fsp3) is 0.241. The van der Waals surface area contributed by atoms with Crippen molar-refractivity contribution in [3.63, 3.8) is 0 Å². The summed E-state index contributed by atoms with van der Waals surface area (Å²) in [6, 6.07) is 56.1. The topological polar surface area (TPSA) is 127 Å². The predicted octanol–water partition coefficient (Wildman–Crippen LogP) is 8.37. The highest BCUT2D eigenvalue weighted by Crippen LogP contribution is 2.49. The van der Waals surface area contributed by atoms with Gasteiger partial charge in [-0.15, -0.1) is 0 Å². The normalized spacial score (nSPS) is 19.6. The Morgan fingerprint density at radius 2 is 1.08 bits per heavy atom. The second-order valence-electron chi connectivity index (χ2n) is 16.8. The molecule has 0 bridgehead atoms. The van der Waals surface area contributed by atoms with Crippen LogP contribution in [0, 0.1) is 0 Å². The number of fused-ring (bicyclic) bond motifs is 1. The Morgan fingerprint density at radius 1 is 0.615 bits per heavy atom. The van der Waals surface area contributed by atoms with Crippen LogP contribution in [0.3, 0.4) is 0 Å². The predicted molar refractivity (Wildman–Crippen MR) is 251 cm³/mol. The molecule has 6 aromatic carbocycles. The maximum atomic E-state index is 13.5. The van der Waals surface area contributed by atoms with Crippen molar-refractivity contribution in [2.24, 2.45) is 0 Å². The van der Waals surface area contributed by atoms with Crippen molar-refractivity contribution in [2.75, 3.05) is 32.6 Å². The minimum atomic E-state index is -1.19. The number of imidazole rings is 1. The van der Waals surface area contributed by atoms with Gasteiger partial charge in [0.2, 0.25) is 0 Å². The number of aliphatic hydroxyl groups is 2. The fourth-order valence-corrected chi connectivity index (χ4v) is 10.4. The van der Waals surface area contributed by atoms with E-state index in [2.05, 4.69) is 70.9 Å². The molecule has 8 aromatic rings. The standard InChI is InChI=1S/C54H52N6O5/c1-63-43-29-25-39(26-30-43)53(37-17-7-3-8-18-37,38-19-9-4-10-20-38)49(62)48-46(59-33-15-16-34-59)47(61)52(65-48)60-36-57-45-50(55-35-56-51(45)60)58-54(40-21-11-5-12-22-40,41-23-13-6-14-24-41)42-27-31-44(64-2)32-28-42/h3-14,17-32,35-36,46-49,52,61-62H,15-16,33-34H2,1-2H3,(H,55,56,58)/t46-,47+,48-,49?,52+/m0/s1. The molecule has 328 valence electrons. The first kappa shape index (κ1) is 42.1. The third-order valence-corrected chi connectivity index (χ3v) is 13.5. The fourth-order valence-electron chi connectivity index (χ4n) is 10.4. The maximum Gasteiger partial charge on any atom is 0.167 e. The van der Waals surface area contributed by atoms with Crippen molar-refractivity contribution in [1.82, 2.24) is 24.4 Å². The molecule has 65 heavy (non-hydrogen) atoms. The van der Waals surface area contributed by atoms with Crippen LogP contribution in [0.2, 0.25) is 0 Å². The lowest BCUT2D eigenvalue weighted by Crippen LogP contribution is -2.56. The number of hydrogen-bond acceptors (Lipinski definition) is 10. The number of rotatable bonds is 14. The smallest absolute Gasteiger partial charge is 0.167 e. The summed E-state index contributed by atoms with van der Waals surface area (Å²) in [5, 5.41) is 30.1. The van der Waals surface area contributed by atoms with Crippen molar-refractivity contribution in [1.29, 1.82) is 0 Å². The number of anilines is 1. The number of benzene rings is 6. The van der Waals surface area contributed by atoms with Crippen LogP contribution in [-0.2, 0) is 15.7 Å². The van der Waals surface area contributed by atoms with Crippen LogP contribution < -0.4 is 14.8 Å². The van der Waals surface area contributed by atoms with Gasteiger partial charge in [-0.2, -0.15) is 0 Å². The highest BCUT2D eigenvalue weighted by atomic mass is 16.5. The summed E-state index contributed by atoms with van der Waals surface area (Å²) in [5.74, 6) is 1.94. The number of nitrogens with zero attached hydrogens (tertiary/aromatic N) is 5. The van der Waals surface area contributed by atoms with E-state index in [1.165, 1.54) is 6.33 Å². The number of methoxy groups -OCH3 is 2. The van der Waals surface area contributed by atoms with Crippen molar-refractivity contribution in [2.45, 2.75) is 54.4 Å². The molecule has 0 spiro atoms. The molecule has 0 saturated carbocycles. The lowest BCUT2D eigenvalue weighted by Gasteiger charge is -2.44. The van der Waals surface area contributed by atoms with E-state index < -0.39 is 41.5 Å². The molecule has 11 nitrogen and oxygen atoms in total. The number of nitrogens with one attached hydrogen (secondary N) is 1. The van der Waals surface area contributed by atoms with Gasteiger partial charge in [0, 0.05) is 0 Å². The third kappa shape index (κ3) is 7.30. The number of ether oxygens (including phenoxy) is 3. The largest absolute Gasteiger partial charge is 0.497 e. The Bertz CT molecular complexity index is 2730. The zero-order valence-electron chi connectivity index (χ0n) is 36.4. The van der Waals surface area contributed by atoms with Gasteiger partial charge < -0.3 is 29.7 Å². The Hall–Kier alpha value is -6.89. The molecule has 11 heteroatoms. The summed E-state index contributed by atoms with van der Waals surface area (Å²) in [6.45, 7) is 1.53. The third-order valence-electron chi connectivity index (χ3n) is 13.5. The molecule has 3 N–H and O–H groups in total. The van der Waals surface area contributed by atoms with Gasteiger partial charge >= 0.3 is 0 Å². The van der Waals surface area contributed by atoms with Crippen LogP contribution in [0.25, 0.3) is 11.2 Å². The summed E-state index contributed by atoms with van der Waals surface area (Å²) < 4.78 is 20.1. The molecular formula is C54H52N6O5. The van der Waals surface area contributed by atoms with E-state index in [0.29, 0.717) is 22.7 Å². The molecule has 0 amide bonds. The molecule has 2 aromatic heterocycles. The number of aliphatic hydroxyl groups excluding tert-OH is 2. The van der Waals surface area contributed by atoms with Crippen molar-refractivity contribution < 1.29 is 24.4 Å². The van der Waals surface area contributed by atoms with E-state index in [-0.39, 0.29) is 0 Å². The van der Waals surface area contributed by atoms with Crippen LogP contribution in [0.4, 0.5) is 5.82 Å². The monoisotopic (exact) mass is 864 g/mol. The molecule has 4 heterocycles. The van der Waals surface area contributed by atoms with Crippen molar-refractivity contribution >= 4 is 17.0 Å². The van der Waals surface area contributed by atoms with Gasteiger partial charge in [-0.25, -0.2) is 15.0 Å². The number of likely N-dealkylation sites (tertiary alicyclic amines) is 1. The van der Waals surface area contributed by atoms with Gasteiger partial charge in [0.25, 0.3) is 0 Å². The molecule has 2 aliphatic rings. The van der Waals surface area contributed by atoms with Crippen LogP contribution in [0.15, 0.2) is 183 Å². The van der Waals surface area contributed by atoms with E-state index >= 15 is 0 Å². The summed E-state index contributed by atoms with van der Waals surface area (Å²) in [7, 11) is 3.31. The quantitative estimate of drug-likeness (QED) is 0.0919. The van der Waals surface area contributed by atoms with Gasteiger partial charge in [-0.05, 0) is 83.6 Å². The summed E-state index contributed by atoms with van der Waals surface area (Å²) in [5.41, 5.74) is 4.48. The van der Waals surface area contributed by atoms with Gasteiger partial charge in [-0.3, -0.25) is 9.47 Å². The zero-order valence-corrected chi connectivity index (χ0v) is 36.4. The Kier molecular flexibility index (Phi) is 11.6. The van der Waals surface area contributed by atoms with E-state index in [9.17, 15) is 10.2 Å². The average molecular weight is 865 g/mol. The van der Waals surface area contributed by atoms with Crippen molar-refractivity contribution in [3.05, 3.63) is 216 Å². The minimum absolute atomic E-state index is 0.471. The molecule has 5 atom stereocenters. The average Bonchev–Trinajstić information content (AvgIpc) is 4.15. The van der Waals surface area contributed by atoms with Gasteiger partial charge in [-0.1, -0.05) is 146 Å². The second-order valence-corrected chi connectivity index (χ2v) is 16.8. The van der Waals surface area contributed by atoms with Gasteiger partial charge in [0.1, 0.15) is 35.6 Å². The first-order valence-electron chi connectivity index (χ1n) is 22.2. The lowest BCUT2D eigenvalue weighted by atomic mass is 9.63. The molecule has 10 rings (SSSR count). The zero-order chi connectivity index (χ0) is 44.4. The molecule has 0 radical (unpaired) electrons. The molecule has 2 aliphatic heterocycles. The molecule has 2 saturated heterocycles. The summed E-state index contributed by atoms with van der Waals surface area (Å²) in [6.07, 6.45) is 1.06. The molecular weight excluding hydrogens is 813 g/mol. The SMILES string of the molecule is COc1ccc(C(Nc2ncnc3c2ncn3[C@@H]2O[C@H](C(O)C(c3ccccc3)(c3ccccc3)c3ccc(OC)cc3)[C@@H](N3CCCC3)[C@H]2O)(c2ccccc2)c2ccccc2)cc1. The van der Waals surface area contributed by atoms with Gasteiger partial charge in [0.05, 0.1) is 38.1 Å². The molecule has 2 fully saturated rings. The maximum absolute atomic E-state index is 13.5. The van der Waals surface area contributed by atoms with Gasteiger partial charge in [0.15, 0.2) is 23.2 Å². The first-order chi connectivity index (χ1) is 32.0. The number of hydrogen-bond donors (Lipinski definition) is 3. The molecule has 0 aliphatic carbocycles. The van der Waals surface area contributed by atoms with E-state index in [4.69, 9.17) is 29.2 Å². The summed E-state index contributed by atoms with van der Waals surface area (Å²) >= 11 is 0. The van der Waals surface area contributed by atoms with E-state index in [0.717, 1.165) is 65.1 Å². The van der Waals surface area contributed by atoms with E-state index in [1.54, 1.807) is 25.1 Å². The van der Waals surface area contributed by atoms with Crippen LogP contribution >= 0.6 is 0 Å². The Balaban J connectivity index is 1.10. The first-order valence-corrected chi connectivity index (χ1v) is 22.2. The number of aromatic nitrogens is 4. The van der Waals surface area contributed by atoms with Crippen LogP contribution in [0.1, 0.15) is 52.5 Å². The Morgan fingerprint density at radius 3 is 1.58 bits per heavy atom. The Labute approximate surface area is 379 Å². The second kappa shape index (κ2) is 17.9. The lowest BCUT2D eigenvalue weighted by molar-refractivity contribution is -0.0916. The highest BCUT2D eigenvalue weighted by Gasteiger charge is 2.57. The van der Waals surface area contributed by atoms with Crippen LogP contribution in [0.5, 0.6) is 11.5 Å².